The second-order valence-corrected chi connectivity index (χ2v) is 9.60. The third-order valence-electron chi connectivity index (χ3n) is 5.33. The van der Waals surface area contributed by atoms with Crippen LogP contribution in [0, 0.1) is 0 Å². The Morgan fingerprint density at radius 2 is 1.56 bits per heavy atom. The molecule has 0 N–H and O–H groups in total. The molecule has 0 unspecified atom stereocenters. The van der Waals surface area contributed by atoms with Crippen LogP contribution >= 0.6 is 11.3 Å². The van der Waals surface area contributed by atoms with Crippen molar-refractivity contribution in [3.8, 4) is 17.2 Å². The molecule has 6 heteroatoms. The van der Waals surface area contributed by atoms with E-state index < -0.39 is 0 Å². The number of rotatable bonds is 8. The summed E-state index contributed by atoms with van der Waals surface area (Å²) in [5, 5.41) is 1.98. The van der Waals surface area contributed by atoms with Crippen LogP contribution in [0.15, 0.2) is 53.9 Å². The molecule has 1 heterocycles. The van der Waals surface area contributed by atoms with Crippen molar-refractivity contribution in [2.45, 2.75) is 39.2 Å². The summed E-state index contributed by atoms with van der Waals surface area (Å²) in [5.41, 5.74) is 3.07. The van der Waals surface area contributed by atoms with Crippen LogP contribution in [-0.4, -0.2) is 27.2 Å². The Labute approximate surface area is 194 Å². The molecule has 3 aromatic rings. The summed E-state index contributed by atoms with van der Waals surface area (Å²) in [6, 6.07) is 16.0. The monoisotopic (exact) mass is 453 g/mol. The molecule has 0 saturated heterocycles. The summed E-state index contributed by atoms with van der Waals surface area (Å²) in [4.78, 5) is 16.2. The summed E-state index contributed by atoms with van der Waals surface area (Å²) in [7, 11) is 4.71. The first-order valence-electron chi connectivity index (χ1n) is 10.5. The Bertz CT molecular complexity index is 1010. The van der Waals surface area contributed by atoms with E-state index in [-0.39, 0.29) is 11.3 Å². The van der Waals surface area contributed by atoms with Crippen molar-refractivity contribution in [3.63, 3.8) is 0 Å². The van der Waals surface area contributed by atoms with Gasteiger partial charge in [0.2, 0.25) is 11.7 Å². The van der Waals surface area contributed by atoms with E-state index in [4.69, 9.17) is 14.2 Å². The highest BCUT2D eigenvalue weighted by Gasteiger charge is 2.22. The number of carbonyl (C=O) groups is 1. The maximum absolute atomic E-state index is 13.4. The average molecular weight is 454 g/mol. The molecule has 0 spiro atoms. The minimum absolute atomic E-state index is 0.00150. The predicted octanol–water partition coefficient (Wildman–Crippen LogP) is 5.85. The zero-order valence-electron chi connectivity index (χ0n) is 19.6. The average Bonchev–Trinajstić information content (AvgIpc) is 3.29. The lowest BCUT2D eigenvalue weighted by Crippen LogP contribution is -2.31. The van der Waals surface area contributed by atoms with Gasteiger partial charge in [0.05, 0.1) is 40.0 Å². The van der Waals surface area contributed by atoms with E-state index in [0.29, 0.717) is 35.9 Å². The fourth-order valence-electron chi connectivity index (χ4n) is 3.50. The van der Waals surface area contributed by atoms with E-state index in [1.165, 1.54) is 5.56 Å². The van der Waals surface area contributed by atoms with Gasteiger partial charge in [-0.15, -0.1) is 11.3 Å². The van der Waals surface area contributed by atoms with Crippen molar-refractivity contribution < 1.29 is 19.0 Å². The quantitative estimate of drug-likeness (QED) is 0.429. The zero-order chi connectivity index (χ0) is 23.3. The summed E-state index contributed by atoms with van der Waals surface area (Å²) in [6.07, 6.45) is 0.328. The lowest BCUT2D eigenvalue weighted by Gasteiger charge is -2.25. The number of benzene rings is 2. The summed E-state index contributed by atoms with van der Waals surface area (Å²) < 4.78 is 16.5. The van der Waals surface area contributed by atoms with Gasteiger partial charge in [0.1, 0.15) is 0 Å². The van der Waals surface area contributed by atoms with Crippen molar-refractivity contribution in [3.05, 3.63) is 69.9 Å². The molecule has 0 fully saturated rings. The zero-order valence-corrected chi connectivity index (χ0v) is 20.4. The Morgan fingerprint density at radius 3 is 2.03 bits per heavy atom. The van der Waals surface area contributed by atoms with Crippen LogP contribution in [-0.2, 0) is 23.2 Å². The van der Waals surface area contributed by atoms with Gasteiger partial charge in [0.25, 0.3) is 0 Å². The number of thiophene rings is 1. The van der Waals surface area contributed by atoms with Crippen LogP contribution in [0.2, 0.25) is 0 Å². The highest BCUT2D eigenvalue weighted by Crippen LogP contribution is 2.41. The minimum atomic E-state index is 0.00150. The third-order valence-corrected chi connectivity index (χ3v) is 6.20. The predicted molar refractivity (Wildman–Crippen MR) is 130 cm³/mol. The number of hydrogen-bond acceptors (Lipinski definition) is 5. The molecule has 170 valence electrons. The molecule has 32 heavy (non-hydrogen) atoms. The fourth-order valence-corrected chi connectivity index (χ4v) is 4.19. The van der Waals surface area contributed by atoms with Crippen LogP contribution in [0.3, 0.4) is 0 Å². The van der Waals surface area contributed by atoms with Gasteiger partial charge in [-0.3, -0.25) is 4.79 Å². The van der Waals surface area contributed by atoms with E-state index in [1.54, 1.807) is 37.6 Å². The largest absolute Gasteiger partial charge is 0.493 e. The number of amides is 1. The molecule has 1 amide bonds. The molecule has 1 aromatic heterocycles. The second kappa shape index (κ2) is 10.1. The van der Waals surface area contributed by atoms with Gasteiger partial charge in [-0.25, -0.2) is 0 Å². The molecular formula is C26H31NO4S. The topological polar surface area (TPSA) is 48.0 Å². The lowest BCUT2D eigenvalue weighted by atomic mass is 9.87. The van der Waals surface area contributed by atoms with Crippen molar-refractivity contribution >= 4 is 22.9 Å². The molecular weight excluding hydrogens is 422 g/mol. The molecule has 5 nitrogen and oxygen atoms in total. The standard InChI is InChI=1S/C26H31NO4S/c1-26(2,3)19-11-9-18(10-12-19)17-27(24(28)16-21-8-7-13-32-21)20-14-22(29-4)25(31-6)23(15-20)30-5/h7-15H,16-17H2,1-6H3. The van der Waals surface area contributed by atoms with Crippen LogP contribution in [0.1, 0.15) is 36.8 Å². The van der Waals surface area contributed by atoms with E-state index in [1.807, 2.05) is 29.6 Å². The SMILES string of the molecule is COc1cc(N(Cc2ccc(C(C)(C)C)cc2)C(=O)Cc2cccs2)cc(OC)c1OC. The summed E-state index contributed by atoms with van der Waals surface area (Å²) in [5.74, 6) is 1.53. The lowest BCUT2D eigenvalue weighted by molar-refractivity contribution is -0.118. The number of hydrogen-bond donors (Lipinski definition) is 0. The first kappa shape index (κ1) is 23.7. The van der Waals surface area contributed by atoms with Gasteiger partial charge in [-0.1, -0.05) is 51.1 Å². The molecule has 0 atom stereocenters. The fraction of sp³-hybridized carbons (Fsp3) is 0.346. The maximum atomic E-state index is 13.4. The van der Waals surface area contributed by atoms with E-state index in [9.17, 15) is 4.79 Å². The Morgan fingerprint density at radius 1 is 0.938 bits per heavy atom. The third kappa shape index (κ3) is 5.43. The Kier molecular flexibility index (Phi) is 7.46. The van der Waals surface area contributed by atoms with Gasteiger partial charge in [-0.2, -0.15) is 0 Å². The van der Waals surface area contributed by atoms with Gasteiger partial charge < -0.3 is 19.1 Å². The van der Waals surface area contributed by atoms with Crippen molar-refractivity contribution in [1.29, 1.82) is 0 Å². The summed E-state index contributed by atoms with van der Waals surface area (Å²) in [6.45, 7) is 7.01. The Balaban J connectivity index is 2.00. The minimum Gasteiger partial charge on any atom is -0.493 e. The van der Waals surface area contributed by atoms with Crippen LogP contribution in [0.5, 0.6) is 17.2 Å². The van der Waals surface area contributed by atoms with Crippen LogP contribution in [0.4, 0.5) is 5.69 Å². The first-order valence-corrected chi connectivity index (χ1v) is 11.4. The van der Waals surface area contributed by atoms with Gasteiger partial charge in [0.15, 0.2) is 11.5 Å². The highest BCUT2D eigenvalue weighted by molar-refractivity contribution is 7.10. The first-order chi connectivity index (χ1) is 15.3. The smallest absolute Gasteiger partial charge is 0.232 e. The highest BCUT2D eigenvalue weighted by atomic mass is 32.1. The molecule has 0 saturated carbocycles. The van der Waals surface area contributed by atoms with Crippen molar-refractivity contribution in [1.82, 2.24) is 0 Å². The number of ether oxygens (including phenoxy) is 3. The molecule has 0 radical (unpaired) electrons. The van der Waals surface area contributed by atoms with E-state index in [0.717, 1.165) is 10.4 Å². The molecule has 3 rings (SSSR count). The molecule has 0 bridgehead atoms. The molecule has 0 aliphatic rings. The van der Waals surface area contributed by atoms with Gasteiger partial charge >= 0.3 is 0 Å². The van der Waals surface area contributed by atoms with Crippen LogP contribution < -0.4 is 19.1 Å². The maximum Gasteiger partial charge on any atom is 0.232 e. The van der Waals surface area contributed by atoms with Crippen LogP contribution in [0.25, 0.3) is 0 Å². The number of methoxy groups -OCH3 is 3. The van der Waals surface area contributed by atoms with Crippen molar-refractivity contribution in [2.75, 3.05) is 26.2 Å². The number of carbonyl (C=O) groups excluding carboxylic acids is 1. The number of anilines is 1. The van der Waals surface area contributed by atoms with Gasteiger partial charge in [0, 0.05) is 17.0 Å². The second-order valence-electron chi connectivity index (χ2n) is 8.57. The van der Waals surface area contributed by atoms with E-state index in [2.05, 4.69) is 45.0 Å². The van der Waals surface area contributed by atoms with Crippen molar-refractivity contribution in [2.24, 2.45) is 0 Å². The summed E-state index contributed by atoms with van der Waals surface area (Å²) >= 11 is 1.58. The number of nitrogens with zero attached hydrogens (tertiary/aromatic N) is 1. The van der Waals surface area contributed by atoms with E-state index >= 15 is 0 Å². The van der Waals surface area contributed by atoms with Gasteiger partial charge in [-0.05, 0) is 28.0 Å². The molecule has 2 aromatic carbocycles. The normalized spacial score (nSPS) is 11.2. The molecule has 0 aliphatic carbocycles. The molecule has 0 aliphatic heterocycles. The Hall–Kier alpha value is -2.99.